The Morgan fingerprint density at radius 1 is 0.453 bits per heavy atom. The summed E-state index contributed by atoms with van der Waals surface area (Å²) in [6.45, 7) is 4.38. The number of ether oxygens (including phenoxy) is 3. The number of unbranched alkanes of at least 4 members (excludes halogenated alkanes) is 19. The van der Waals surface area contributed by atoms with Gasteiger partial charge in [-0.2, -0.15) is 0 Å². The fourth-order valence-corrected chi connectivity index (χ4v) is 7.37. The zero-order chi connectivity index (χ0) is 47.0. The van der Waals surface area contributed by atoms with Crippen LogP contribution < -0.4 is 0 Å². The van der Waals surface area contributed by atoms with E-state index in [-0.39, 0.29) is 25.9 Å². The Kier molecular flexibility index (Phi) is 44.6. The van der Waals surface area contributed by atoms with Crippen molar-refractivity contribution in [3.63, 3.8) is 0 Å². The van der Waals surface area contributed by atoms with Crippen LogP contribution in [0, 0.1) is 0 Å². The molecule has 0 bridgehead atoms. The average Bonchev–Trinajstić information content (AvgIpc) is 3.28. The van der Waals surface area contributed by atoms with E-state index in [1.165, 1.54) is 70.6 Å². The van der Waals surface area contributed by atoms with Crippen LogP contribution in [0.25, 0.3) is 0 Å². The van der Waals surface area contributed by atoms with Crippen LogP contribution in [-0.4, -0.2) is 66.5 Å². The van der Waals surface area contributed by atoms with Crippen LogP contribution in [0.4, 0.5) is 0 Å². The molecule has 0 heterocycles. The van der Waals surface area contributed by atoms with Gasteiger partial charge in [0.15, 0.2) is 6.10 Å². The fourth-order valence-electron chi connectivity index (χ4n) is 6.59. The molecule has 64 heavy (non-hydrogen) atoms. The van der Waals surface area contributed by atoms with E-state index >= 15 is 0 Å². The van der Waals surface area contributed by atoms with Crippen LogP contribution in [0.15, 0.2) is 60.8 Å². The van der Waals surface area contributed by atoms with Crippen molar-refractivity contribution in [2.24, 2.45) is 0 Å². The first-order valence-corrected chi connectivity index (χ1v) is 26.7. The van der Waals surface area contributed by atoms with Crippen LogP contribution in [-0.2, 0) is 42.2 Å². The van der Waals surface area contributed by atoms with Gasteiger partial charge in [-0.1, -0.05) is 191 Å². The Morgan fingerprint density at radius 2 is 0.859 bits per heavy atom. The van der Waals surface area contributed by atoms with Gasteiger partial charge >= 0.3 is 25.7 Å². The third-order valence-corrected chi connectivity index (χ3v) is 11.4. The lowest BCUT2D eigenvalue weighted by Gasteiger charge is -2.21. The molecule has 0 fully saturated rings. The van der Waals surface area contributed by atoms with Crippen molar-refractivity contribution in [1.29, 1.82) is 0 Å². The third kappa shape index (κ3) is 44.4. The third-order valence-electron chi connectivity index (χ3n) is 10.4. The number of rotatable bonds is 46. The molecule has 0 aliphatic heterocycles. The zero-order valence-corrected chi connectivity index (χ0v) is 41.4. The molecule has 0 saturated heterocycles. The van der Waals surface area contributed by atoms with Crippen molar-refractivity contribution in [3.05, 3.63) is 60.8 Å². The van der Waals surface area contributed by atoms with Crippen LogP contribution >= 0.6 is 7.82 Å². The maximum Gasteiger partial charge on any atom is 0.472 e. The average molecular weight is 923 g/mol. The summed E-state index contributed by atoms with van der Waals surface area (Å²) in [7, 11) is -4.75. The molecule has 0 aromatic rings. The second-order valence-electron chi connectivity index (χ2n) is 16.6. The summed E-state index contributed by atoms with van der Waals surface area (Å²) in [6, 6.07) is 0. The van der Waals surface area contributed by atoms with E-state index in [0.717, 1.165) is 83.5 Å². The molecule has 0 radical (unpaired) electrons. The van der Waals surface area contributed by atoms with Crippen LogP contribution in [0.3, 0.4) is 0 Å². The van der Waals surface area contributed by atoms with E-state index in [2.05, 4.69) is 69.4 Å². The van der Waals surface area contributed by atoms with Gasteiger partial charge in [0.25, 0.3) is 0 Å². The highest BCUT2D eigenvalue weighted by Crippen LogP contribution is 2.43. The minimum atomic E-state index is -4.75. The van der Waals surface area contributed by atoms with Gasteiger partial charge in [0, 0.05) is 19.3 Å². The molecule has 0 spiro atoms. The monoisotopic (exact) mass is 923 g/mol. The quantitative estimate of drug-likeness (QED) is 0.0197. The lowest BCUT2D eigenvalue weighted by atomic mass is 10.0. The number of aliphatic hydroxyl groups excluding tert-OH is 1. The molecule has 0 amide bonds. The first-order valence-electron chi connectivity index (χ1n) is 25.2. The Morgan fingerprint density at radius 3 is 1.39 bits per heavy atom. The van der Waals surface area contributed by atoms with Gasteiger partial charge in [0.2, 0.25) is 0 Å². The van der Waals surface area contributed by atoms with Crippen LogP contribution in [0.5, 0.6) is 0 Å². The second-order valence-corrected chi connectivity index (χ2v) is 18.1. The molecule has 11 nitrogen and oxygen atoms in total. The van der Waals surface area contributed by atoms with Crippen molar-refractivity contribution in [3.8, 4) is 0 Å². The molecule has 0 aromatic carbocycles. The minimum Gasteiger partial charge on any atom is -0.462 e. The molecule has 0 aliphatic rings. The summed E-state index contributed by atoms with van der Waals surface area (Å²) >= 11 is 0. The summed E-state index contributed by atoms with van der Waals surface area (Å²) in [5.74, 6) is -1.57. The van der Waals surface area contributed by atoms with E-state index in [1.54, 1.807) is 0 Å². The van der Waals surface area contributed by atoms with Crippen LogP contribution in [0.2, 0.25) is 0 Å². The van der Waals surface area contributed by atoms with E-state index < -0.39 is 57.8 Å². The summed E-state index contributed by atoms with van der Waals surface area (Å²) in [5, 5.41) is 9.74. The molecule has 12 heteroatoms. The highest BCUT2D eigenvalue weighted by Gasteiger charge is 2.28. The molecule has 0 rings (SSSR count). The Bertz CT molecular complexity index is 1310. The van der Waals surface area contributed by atoms with Gasteiger partial charge in [-0.15, -0.1) is 0 Å². The van der Waals surface area contributed by atoms with Crippen LogP contribution in [0.1, 0.15) is 213 Å². The number of allylic oxidation sites excluding steroid dienone is 10. The van der Waals surface area contributed by atoms with Gasteiger partial charge in [-0.05, 0) is 64.2 Å². The number of carbonyl (C=O) groups excluding carboxylic acids is 3. The number of carbonyl (C=O) groups is 3. The van der Waals surface area contributed by atoms with Crippen molar-refractivity contribution < 1.29 is 52.2 Å². The SMILES string of the molecule is CC/C=C\C/C=C\C/C=C\C/C=C\CCC(=O)OC(COC(=O)CCCCCCCCCCCCCCC)COP(=O)(O)OCC(CO)OC(=O)CCCCCCC/C=C\CCCC. The maximum absolute atomic E-state index is 12.8. The first kappa shape index (κ1) is 61.2. The Balaban J connectivity index is 4.83. The van der Waals surface area contributed by atoms with Crippen molar-refractivity contribution in [2.45, 2.75) is 226 Å². The van der Waals surface area contributed by atoms with E-state index in [9.17, 15) is 28.9 Å². The smallest absolute Gasteiger partial charge is 0.462 e. The number of phosphoric ester groups is 1. The van der Waals surface area contributed by atoms with E-state index in [1.807, 2.05) is 12.2 Å². The molecule has 3 atom stereocenters. The van der Waals surface area contributed by atoms with Crippen molar-refractivity contribution >= 4 is 25.7 Å². The summed E-state index contributed by atoms with van der Waals surface area (Å²) in [6.07, 6.45) is 47.9. The number of hydrogen-bond donors (Lipinski definition) is 2. The summed E-state index contributed by atoms with van der Waals surface area (Å²) in [4.78, 5) is 48.1. The largest absolute Gasteiger partial charge is 0.472 e. The van der Waals surface area contributed by atoms with E-state index in [0.29, 0.717) is 19.3 Å². The molecule has 0 aliphatic carbocycles. The van der Waals surface area contributed by atoms with E-state index in [4.69, 9.17) is 23.3 Å². The molecule has 2 N–H and O–H groups in total. The predicted molar refractivity (Wildman–Crippen MR) is 261 cm³/mol. The highest BCUT2D eigenvalue weighted by atomic mass is 31.2. The number of aliphatic hydroxyl groups is 1. The zero-order valence-electron chi connectivity index (χ0n) is 40.5. The molecule has 0 aromatic heterocycles. The van der Waals surface area contributed by atoms with Gasteiger partial charge < -0.3 is 24.2 Å². The van der Waals surface area contributed by atoms with Gasteiger partial charge in [-0.25, -0.2) is 4.57 Å². The highest BCUT2D eigenvalue weighted by molar-refractivity contribution is 7.47. The van der Waals surface area contributed by atoms with Gasteiger partial charge in [0.1, 0.15) is 12.7 Å². The Hall–Kier alpha value is -2.82. The van der Waals surface area contributed by atoms with Gasteiger partial charge in [0.05, 0.1) is 19.8 Å². The maximum atomic E-state index is 12.8. The molecule has 0 saturated carbocycles. The predicted octanol–water partition coefficient (Wildman–Crippen LogP) is 14.0. The summed E-state index contributed by atoms with van der Waals surface area (Å²) in [5.41, 5.74) is 0. The standard InChI is InChI=1S/C52H91O11P/c1-4-7-10-13-16-19-22-24-27-29-32-35-38-41-50(54)59-45-49(63-52(56)43-40-37-34-31-28-25-23-20-17-14-11-8-5-2)47-61-64(57,58)60-46-48(44-53)62-51(55)42-39-36-33-30-26-21-18-15-12-9-6-3/h8,11,15,17-18,20,25,28,34,37,48-49,53H,4-7,9-10,12-14,16,19,21-24,26-27,29-33,35-36,38-47H2,1-3H3,(H,57,58)/b11-8-,18-15-,20-17-,28-25-,37-34-. The number of hydrogen-bond acceptors (Lipinski definition) is 10. The molecular weight excluding hydrogens is 832 g/mol. The first-order chi connectivity index (χ1) is 31.2. The molecule has 3 unspecified atom stereocenters. The number of phosphoric acid groups is 1. The summed E-state index contributed by atoms with van der Waals surface area (Å²) < 4.78 is 39.2. The topological polar surface area (TPSA) is 155 Å². The van der Waals surface area contributed by atoms with Crippen molar-refractivity contribution in [1.82, 2.24) is 0 Å². The lowest BCUT2D eigenvalue weighted by molar-refractivity contribution is -0.161. The molecular formula is C52H91O11P. The second kappa shape index (κ2) is 46.7. The fraction of sp³-hybridized carbons (Fsp3) is 0.750. The molecule has 370 valence electrons. The number of esters is 3. The minimum absolute atomic E-state index is 0.0469. The lowest BCUT2D eigenvalue weighted by Crippen LogP contribution is -2.30. The normalized spacial score (nSPS) is 14.0. The van der Waals surface area contributed by atoms with Gasteiger partial charge in [-0.3, -0.25) is 23.4 Å². The Labute approximate surface area is 389 Å². The van der Waals surface area contributed by atoms with Crippen molar-refractivity contribution in [2.75, 3.05) is 26.4 Å².